The first-order valence-electron chi connectivity index (χ1n) is 6.05. The SMILES string of the molecule is O=[N+]([O-])c1cc(-c2c(C(F)(F)F)cccc2S(=O)(=O)O)ccc1Cl. The van der Waals surface area contributed by atoms with Gasteiger partial charge in [0.25, 0.3) is 15.8 Å². The number of nitro groups is 1. The minimum Gasteiger partial charge on any atom is -0.282 e. The summed E-state index contributed by atoms with van der Waals surface area (Å²) in [6.45, 7) is 0. The molecule has 0 aliphatic heterocycles. The lowest BCUT2D eigenvalue weighted by atomic mass is 9.98. The van der Waals surface area contributed by atoms with E-state index in [1.54, 1.807) is 0 Å². The van der Waals surface area contributed by atoms with Crippen LogP contribution in [0.3, 0.4) is 0 Å². The van der Waals surface area contributed by atoms with Gasteiger partial charge in [-0.15, -0.1) is 0 Å². The van der Waals surface area contributed by atoms with Crippen molar-refractivity contribution in [1.82, 2.24) is 0 Å². The van der Waals surface area contributed by atoms with Crippen LogP contribution in [0.25, 0.3) is 11.1 Å². The molecule has 24 heavy (non-hydrogen) atoms. The first-order valence-corrected chi connectivity index (χ1v) is 7.86. The van der Waals surface area contributed by atoms with E-state index < -0.39 is 48.5 Å². The van der Waals surface area contributed by atoms with Gasteiger partial charge in [0, 0.05) is 11.6 Å². The second-order valence-corrected chi connectivity index (χ2v) is 6.37. The van der Waals surface area contributed by atoms with Crippen molar-refractivity contribution in [3.05, 3.63) is 57.1 Å². The lowest BCUT2D eigenvalue weighted by Crippen LogP contribution is -2.11. The second-order valence-electron chi connectivity index (χ2n) is 4.57. The predicted molar refractivity (Wildman–Crippen MR) is 78.4 cm³/mol. The van der Waals surface area contributed by atoms with E-state index in [0.717, 1.165) is 24.3 Å². The summed E-state index contributed by atoms with van der Waals surface area (Å²) in [5, 5.41) is 10.6. The van der Waals surface area contributed by atoms with Crippen LogP contribution in [0.4, 0.5) is 18.9 Å². The Hall–Kier alpha value is -2.17. The van der Waals surface area contributed by atoms with Gasteiger partial charge in [0.2, 0.25) is 0 Å². The molecule has 0 unspecified atom stereocenters. The molecule has 0 aliphatic rings. The fourth-order valence-electron chi connectivity index (χ4n) is 2.09. The summed E-state index contributed by atoms with van der Waals surface area (Å²) in [6, 6.07) is 4.84. The summed E-state index contributed by atoms with van der Waals surface area (Å²) in [5.74, 6) is 0. The zero-order chi connectivity index (χ0) is 18.3. The number of hydrogen-bond acceptors (Lipinski definition) is 4. The molecule has 0 aromatic heterocycles. The molecule has 0 fully saturated rings. The Morgan fingerprint density at radius 3 is 2.29 bits per heavy atom. The molecule has 0 spiro atoms. The van der Waals surface area contributed by atoms with Gasteiger partial charge in [-0.2, -0.15) is 21.6 Å². The summed E-state index contributed by atoms with van der Waals surface area (Å²) < 4.78 is 71.7. The van der Waals surface area contributed by atoms with Crippen molar-refractivity contribution in [1.29, 1.82) is 0 Å². The zero-order valence-electron chi connectivity index (χ0n) is 11.4. The van der Waals surface area contributed by atoms with Gasteiger partial charge in [-0.1, -0.05) is 23.7 Å². The highest BCUT2D eigenvalue weighted by molar-refractivity contribution is 7.86. The molecule has 0 saturated heterocycles. The minimum absolute atomic E-state index is 0.332. The lowest BCUT2D eigenvalue weighted by molar-refractivity contribution is -0.384. The van der Waals surface area contributed by atoms with Gasteiger partial charge in [0.05, 0.1) is 10.5 Å². The molecule has 1 N–H and O–H groups in total. The maximum atomic E-state index is 13.2. The molecule has 0 aliphatic carbocycles. The average molecular weight is 382 g/mol. The largest absolute Gasteiger partial charge is 0.417 e. The lowest BCUT2D eigenvalue weighted by Gasteiger charge is -2.16. The molecule has 0 saturated carbocycles. The molecule has 0 amide bonds. The Bertz CT molecular complexity index is 928. The first-order chi connectivity index (χ1) is 10.9. The topological polar surface area (TPSA) is 97.5 Å². The smallest absolute Gasteiger partial charge is 0.282 e. The van der Waals surface area contributed by atoms with E-state index in [-0.39, 0.29) is 5.02 Å². The fourth-order valence-corrected chi connectivity index (χ4v) is 3.01. The molecule has 128 valence electrons. The molecule has 0 bridgehead atoms. The number of halogens is 4. The number of nitrogens with zero attached hydrogens (tertiary/aromatic N) is 1. The van der Waals surface area contributed by atoms with Gasteiger partial charge in [-0.25, -0.2) is 0 Å². The van der Waals surface area contributed by atoms with Gasteiger partial charge >= 0.3 is 6.18 Å². The Labute approximate surface area is 138 Å². The molecule has 0 atom stereocenters. The van der Waals surface area contributed by atoms with Crippen LogP contribution in [0.2, 0.25) is 5.02 Å². The summed E-state index contributed by atoms with van der Waals surface area (Å²) in [6.07, 6.45) is -4.95. The molecule has 2 aromatic carbocycles. The van der Waals surface area contributed by atoms with Crippen LogP contribution in [0.5, 0.6) is 0 Å². The van der Waals surface area contributed by atoms with Gasteiger partial charge in [0.15, 0.2) is 0 Å². The quantitative estimate of drug-likeness (QED) is 0.488. The van der Waals surface area contributed by atoms with Crippen molar-refractivity contribution in [2.75, 3.05) is 0 Å². The third-order valence-electron chi connectivity index (χ3n) is 3.04. The summed E-state index contributed by atoms with van der Waals surface area (Å²) in [5.41, 5.74) is -3.39. The van der Waals surface area contributed by atoms with Crippen molar-refractivity contribution in [2.45, 2.75) is 11.1 Å². The Kier molecular flexibility index (Phi) is 4.57. The van der Waals surface area contributed by atoms with Crippen molar-refractivity contribution in [2.24, 2.45) is 0 Å². The van der Waals surface area contributed by atoms with E-state index in [2.05, 4.69) is 0 Å². The molecular weight excluding hydrogens is 375 g/mol. The van der Waals surface area contributed by atoms with Gasteiger partial charge in [0.1, 0.15) is 9.92 Å². The summed E-state index contributed by atoms with van der Waals surface area (Å²) in [7, 11) is -5.01. The third-order valence-corrected chi connectivity index (χ3v) is 4.26. The molecule has 0 heterocycles. The number of benzene rings is 2. The van der Waals surface area contributed by atoms with Crippen molar-refractivity contribution < 1.29 is 31.1 Å². The zero-order valence-corrected chi connectivity index (χ0v) is 13.0. The molecule has 2 aromatic rings. The highest BCUT2D eigenvalue weighted by Crippen LogP contribution is 2.42. The molecule has 0 radical (unpaired) electrons. The van der Waals surface area contributed by atoms with E-state index >= 15 is 0 Å². The van der Waals surface area contributed by atoms with Crippen LogP contribution >= 0.6 is 11.6 Å². The second kappa shape index (κ2) is 6.04. The van der Waals surface area contributed by atoms with Crippen LogP contribution < -0.4 is 0 Å². The molecule has 2 rings (SSSR count). The summed E-state index contributed by atoms with van der Waals surface area (Å²) >= 11 is 5.61. The highest BCUT2D eigenvalue weighted by atomic mass is 35.5. The Balaban J connectivity index is 2.92. The standard InChI is InChI=1S/C13H7ClF3NO5S/c14-9-5-4-7(6-10(9)18(19)20)12-8(13(15,16)17)2-1-3-11(12)24(21,22)23/h1-6H,(H,21,22,23). The maximum Gasteiger partial charge on any atom is 0.417 e. The van der Waals surface area contributed by atoms with Crippen molar-refractivity contribution >= 4 is 27.4 Å². The van der Waals surface area contributed by atoms with E-state index in [9.17, 15) is 36.3 Å². The molecule has 6 nitrogen and oxygen atoms in total. The van der Waals surface area contributed by atoms with E-state index in [1.807, 2.05) is 0 Å². The molecular formula is C13H7ClF3NO5S. The van der Waals surface area contributed by atoms with Gasteiger partial charge in [-0.3, -0.25) is 14.7 Å². The van der Waals surface area contributed by atoms with E-state index in [0.29, 0.717) is 12.1 Å². The number of alkyl halides is 3. The third kappa shape index (κ3) is 3.50. The van der Waals surface area contributed by atoms with Crippen LogP contribution in [0, 0.1) is 10.1 Å². The minimum atomic E-state index is -5.01. The Morgan fingerprint density at radius 2 is 1.79 bits per heavy atom. The predicted octanol–water partition coefficient (Wildman–Crippen LogP) is 4.18. The molecule has 11 heteroatoms. The Morgan fingerprint density at radius 1 is 1.17 bits per heavy atom. The van der Waals surface area contributed by atoms with Gasteiger partial charge in [-0.05, 0) is 23.8 Å². The highest BCUT2D eigenvalue weighted by Gasteiger charge is 2.36. The summed E-state index contributed by atoms with van der Waals surface area (Å²) in [4.78, 5) is 8.96. The van der Waals surface area contributed by atoms with E-state index in [4.69, 9.17) is 11.6 Å². The van der Waals surface area contributed by atoms with Crippen LogP contribution in [-0.4, -0.2) is 17.9 Å². The van der Waals surface area contributed by atoms with Crippen LogP contribution in [0.15, 0.2) is 41.3 Å². The number of rotatable bonds is 3. The van der Waals surface area contributed by atoms with Crippen molar-refractivity contribution in [3.63, 3.8) is 0 Å². The fraction of sp³-hybridized carbons (Fsp3) is 0.0769. The average Bonchev–Trinajstić information content (AvgIpc) is 2.45. The van der Waals surface area contributed by atoms with Crippen LogP contribution in [-0.2, 0) is 16.3 Å². The first kappa shape index (κ1) is 18.2. The number of hydrogen-bond donors (Lipinski definition) is 1. The maximum absolute atomic E-state index is 13.2. The van der Waals surface area contributed by atoms with E-state index in [1.165, 1.54) is 0 Å². The monoisotopic (exact) mass is 381 g/mol. The number of nitro benzene ring substituents is 1. The van der Waals surface area contributed by atoms with Gasteiger partial charge < -0.3 is 0 Å². The van der Waals surface area contributed by atoms with Crippen molar-refractivity contribution in [3.8, 4) is 11.1 Å². The normalized spacial score (nSPS) is 12.2. The van der Waals surface area contributed by atoms with Crippen LogP contribution in [0.1, 0.15) is 5.56 Å².